The second-order valence-electron chi connectivity index (χ2n) is 6.43. The Hall–Kier alpha value is -0.0800. The van der Waals surface area contributed by atoms with Crippen LogP contribution >= 0.6 is 0 Å². The number of hydrogen-bond acceptors (Lipinski definition) is 2. The van der Waals surface area contributed by atoms with Crippen molar-refractivity contribution in [3.05, 3.63) is 0 Å². The first-order valence-corrected chi connectivity index (χ1v) is 6.33. The Bertz CT molecular complexity index is 181. The SMILES string of the molecule is CC(C)N1CCC(CNCC(C)(C)C)C1. The molecule has 1 aliphatic heterocycles. The number of hydrogen-bond donors (Lipinski definition) is 1. The van der Waals surface area contributed by atoms with Crippen LogP contribution in [-0.2, 0) is 0 Å². The average molecular weight is 212 g/mol. The molecule has 15 heavy (non-hydrogen) atoms. The van der Waals surface area contributed by atoms with Crippen LogP contribution in [0, 0.1) is 11.3 Å². The van der Waals surface area contributed by atoms with Crippen LogP contribution in [0.25, 0.3) is 0 Å². The van der Waals surface area contributed by atoms with Crippen molar-refractivity contribution in [1.29, 1.82) is 0 Å². The van der Waals surface area contributed by atoms with Gasteiger partial charge in [-0.15, -0.1) is 0 Å². The summed E-state index contributed by atoms with van der Waals surface area (Å²) in [4.78, 5) is 2.59. The number of nitrogens with zero attached hydrogens (tertiary/aromatic N) is 1. The minimum absolute atomic E-state index is 0.413. The van der Waals surface area contributed by atoms with Gasteiger partial charge >= 0.3 is 0 Å². The predicted octanol–water partition coefficient (Wildman–Crippen LogP) is 2.35. The zero-order valence-electron chi connectivity index (χ0n) is 11.1. The molecule has 1 saturated heterocycles. The molecule has 0 aromatic rings. The Labute approximate surface area is 95.4 Å². The van der Waals surface area contributed by atoms with Gasteiger partial charge < -0.3 is 10.2 Å². The third kappa shape index (κ3) is 4.98. The molecule has 1 aliphatic rings. The largest absolute Gasteiger partial charge is 0.316 e. The maximum absolute atomic E-state index is 3.60. The summed E-state index contributed by atoms with van der Waals surface area (Å²) >= 11 is 0. The van der Waals surface area contributed by atoms with Crippen molar-refractivity contribution in [2.45, 2.75) is 47.1 Å². The summed E-state index contributed by atoms with van der Waals surface area (Å²) in [6.07, 6.45) is 1.37. The van der Waals surface area contributed by atoms with Gasteiger partial charge in [0.1, 0.15) is 0 Å². The second kappa shape index (κ2) is 5.31. The van der Waals surface area contributed by atoms with Crippen molar-refractivity contribution < 1.29 is 0 Å². The van der Waals surface area contributed by atoms with Crippen molar-refractivity contribution in [1.82, 2.24) is 10.2 Å². The van der Waals surface area contributed by atoms with Gasteiger partial charge in [0.15, 0.2) is 0 Å². The smallest absolute Gasteiger partial charge is 0.00387 e. The zero-order chi connectivity index (χ0) is 11.5. The third-order valence-corrected chi connectivity index (χ3v) is 3.14. The van der Waals surface area contributed by atoms with Gasteiger partial charge in [-0.3, -0.25) is 0 Å². The number of rotatable bonds is 4. The fourth-order valence-electron chi connectivity index (χ4n) is 2.15. The molecule has 2 nitrogen and oxygen atoms in total. The highest BCUT2D eigenvalue weighted by Gasteiger charge is 2.23. The Morgan fingerprint density at radius 1 is 1.33 bits per heavy atom. The number of nitrogens with one attached hydrogen (secondary N) is 1. The molecule has 0 aromatic heterocycles. The van der Waals surface area contributed by atoms with Crippen LogP contribution in [0.3, 0.4) is 0 Å². The topological polar surface area (TPSA) is 15.3 Å². The first kappa shape index (κ1) is 13.0. The maximum Gasteiger partial charge on any atom is 0.00387 e. The average Bonchev–Trinajstić information content (AvgIpc) is 2.50. The summed E-state index contributed by atoms with van der Waals surface area (Å²) in [5.74, 6) is 0.870. The monoisotopic (exact) mass is 212 g/mol. The van der Waals surface area contributed by atoms with Crippen LogP contribution in [0.15, 0.2) is 0 Å². The van der Waals surface area contributed by atoms with Crippen LogP contribution in [0.4, 0.5) is 0 Å². The normalized spacial score (nSPS) is 24.0. The van der Waals surface area contributed by atoms with Crippen molar-refractivity contribution in [3.8, 4) is 0 Å². The van der Waals surface area contributed by atoms with Gasteiger partial charge in [0.2, 0.25) is 0 Å². The van der Waals surface area contributed by atoms with Gasteiger partial charge in [-0.25, -0.2) is 0 Å². The molecular weight excluding hydrogens is 184 g/mol. The highest BCUT2D eigenvalue weighted by Crippen LogP contribution is 2.18. The lowest BCUT2D eigenvalue weighted by molar-refractivity contribution is 0.262. The molecular formula is C13H28N2. The summed E-state index contributed by atoms with van der Waals surface area (Å²) in [6.45, 7) is 16.4. The van der Waals surface area contributed by atoms with E-state index in [2.05, 4.69) is 44.8 Å². The second-order valence-corrected chi connectivity index (χ2v) is 6.43. The van der Waals surface area contributed by atoms with Crippen LogP contribution in [0.1, 0.15) is 41.0 Å². The molecule has 0 amide bonds. The van der Waals surface area contributed by atoms with Crippen molar-refractivity contribution in [2.24, 2.45) is 11.3 Å². The molecule has 0 spiro atoms. The van der Waals surface area contributed by atoms with E-state index >= 15 is 0 Å². The van der Waals surface area contributed by atoms with E-state index in [-0.39, 0.29) is 0 Å². The van der Waals surface area contributed by atoms with Crippen LogP contribution < -0.4 is 5.32 Å². The van der Waals surface area contributed by atoms with Crippen molar-refractivity contribution in [3.63, 3.8) is 0 Å². The fourth-order valence-corrected chi connectivity index (χ4v) is 2.15. The zero-order valence-corrected chi connectivity index (χ0v) is 11.1. The predicted molar refractivity (Wildman–Crippen MR) is 67.1 cm³/mol. The molecule has 0 radical (unpaired) electrons. The Morgan fingerprint density at radius 3 is 2.47 bits per heavy atom. The first-order valence-electron chi connectivity index (χ1n) is 6.33. The van der Waals surface area contributed by atoms with Gasteiger partial charge in [-0.1, -0.05) is 20.8 Å². The summed E-state index contributed by atoms with van der Waals surface area (Å²) in [6, 6.07) is 0.720. The molecule has 0 aromatic carbocycles. The van der Waals surface area contributed by atoms with E-state index in [4.69, 9.17) is 0 Å². The lowest BCUT2D eigenvalue weighted by Gasteiger charge is -2.22. The highest BCUT2D eigenvalue weighted by atomic mass is 15.2. The van der Waals surface area contributed by atoms with Gasteiger partial charge in [-0.05, 0) is 51.2 Å². The van der Waals surface area contributed by atoms with E-state index in [1.807, 2.05) is 0 Å². The van der Waals surface area contributed by atoms with E-state index < -0.39 is 0 Å². The quantitative estimate of drug-likeness (QED) is 0.769. The van der Waals surface area contributed by atoms with Gasteiger partial charge in [0.25, 0.3) is 0 Å². The standard InChI is InChI=1S/C13H28N2/c1-11(2)15-7-6-12(9-15)8-14-10-13(3,4)5/h11-12,14H,6-10H2,1-5H3. The Morgan fingerprint density at radius 2 is 2.00 bits per heavy atom. The molecule has 1 fully saturated rings. The molecule has 1 heterocycles. The van der Waals surface area contributed by atoms with E-state index in [0.29, 0.717) is 5.41 Å². The summed E-state index contributed by atoms with van der Waals surface area (Å²) in [7, 11) is 0. The van der Waals surface area contributed by atoms with E-state index in [1.165, 1.54) is 26.1 Å². The fraction of sp³-hybridized carbons (Fsp3) is 1.00. The molecule has 0 saturated carbocycles. The molecule has 0 aliphatic carbocycles. The summed E-state index contributed by atoms with van der Waals surface area (Å²) in [5, 5.41) is 3.60. The molecule has 1 atom stereocenters. The third-order valence-electron chi connectivity index (χ3n) is 3.14. The van der Waals surface area contributed by atoms with E-state index in [0.717, 1.165) is 18.5 Å². The van der Waals surface area contributed by atoms with Gasteiger partial charge in [0, 0.05) is 12.6 Å². The van der Waals surface area contributed by atoms with E-state index in [9.17, 15) is 0 Å². The lowest BCUT2D eigenvalue weighted by Crippen LogP contribution is -2.33. The summed E-state index contributed by atoms with van der Waals surface area (Å²) < 4.78 is 0. The van der Waals surface area contributed by atoms with Crippen molar-refractivity contribution >= 4 is 0 Å². The first-order chi connectivity index (χ1) is 6.88. The van der Waals surface area contributed by atoms with Crippen molar-refractivity contribution in [2.75, 3.05) is 26.2 Å². The van der Waals surface area contributed by atoms with Crippen LogP contribution in [-0.4, -0.2) is 37.1 Å². The summed E-state index contributed by atoms with van der Waals surface area (Å²) in [5.41, 5.74) is 0.413. The Balaban J connectivity index is 2.14. The molecule has 0 bridgehead atoms. The Kier molecular flexibility index (Phi) is 4.60. The van der Waals surface area contributed by atoms with Crippen LogP contribution in [0.2, 0.25) is 0 Å². The molecule has 90 valence electrons. The molecule has 1 N–H and O–H groups in total. The van der Waals surface area contributed by atoms with Crippen LogP contribution in [0.5, 0.6) is 0 Å². The molecule has 2 heteroatoms. The minimum atomic E-state index is 0.413. The molecule has 1 unspecified atom stereocenters. The molecule has 1 rings (SSSR count). The van der Waals surface area contributed by atoms with Gasteiger partial charge in [0.05, 0.1) is 0 Å². The maximum atomic E-state index is 3.60. The minimum Gasteiger partial charge on any atom is -0.316 e. The van der Waals surface area contributed by atoms with Gasteiger partial charge in [-0.2, -0.15) is 0 Å². The highest BCUT2D eigenvalue weighted by molar-refractivity contribution is 4.79. The lowest BCUT2D eigenvalue weighted by atomic mass is 9.96. The van der Waals surface area contributed by atoms with E-state index in [1.54, 1.807) is 0 Å². The number of likely N-dealkylation sites (tertiary alicyclic amines) is 1.